The Hall–Kier alpha value is -2.83. The largest absolute Gasteiger partial charge is 0.434 e. The number of nitrogens with zero attached hydrogens (tertiary/aromatic N) is 1. The van der Waals surface area contributed by atoms with E-state index in [1.807, 2.05) is 0 Å². The summed E-state index contributed by atoms with van der Waals surface area (Å²) in [5.74, 6) is -1.07. The summed E-state index contributed by atoms with van der Waals surface area (Å²) in [6.45, 7) is -2.96. The van der Waals surface area contributed by atoms with Crippen LogP contribution in [0.2, 0.25) is 0 Å². The third-order valence-electron chi connectivity index (χ3n) is 2.61. The molecule has 22 heavy (non-hydrogen) atoms. The van der Waals surface area contributed by atoms with Gasteiger partial charge in [-0.15, -0.1) is 0 Å². The average molecular weight is 308 g/mol. The highest BCUT2D eigenvalue weighted by molar-refractivity contribution is 5.95. The van der Waals surface area contributed by atoms with Crippen molar-refractivity contribution in [2.75, 3.05) is 0 Å². The molecule has 0 saturated heterocycles. The van der Waals surface area contributed by atoms with Crippen LogP contribution < -0.4 is 10.2 Å². The summed E-state index contributed by atoms with van der Waals surface area (Å²) in [5, 5.41) is 3.67. The zero-order valence-electron chi connectivity index (χ0n) is 11.2. The molecule has 0 unspecified atom stereocenters. The zero-order chi connectivity index (χ0) is 15.9. The predicted molar refractivity (Wildman–Crippen MR) is 74.5 cm³/mol. The molecule has 0 saturated carbocycles. The quantitative estimate of drug-likeness (QED) is 0.681. The minimum Gasteiger partial charge on any atom is -0.434 e. The number of hydrogen-bond donors (Lipinski definition) is 1. The number of benzene rings is 2. The molecule has 0 aromatic heterocycles. The van der Waals surface area contributed by atoms with Crippen LogP contribution in [0.25, 0.3) is 0 Å². The maximum atomic E-state index is 12.7. The van der Waals surface area contributed by atoms with E-state index >= 15 is 0 Å². The number of ether oxygens (including phenoxy) is 1. The second-order valence-electron chi connectivity index (χ2n) is 4.12. The van der Waals surface area contributed by atoms with Crippen molar-refractivity contribution in [2.45, 2.75) is 6.61 Å². The van der Waals surface area contributed by atoms with Crippen LogP contribution in [0.3, 0.4) is 0 Å². The van der Waals surface area contributed by atoms with E-state index in [9.17, 15) is 18.0 Å². The van der Waals surface area contributed by atoms with E-state index in [1.165, 1.54) is 36.5 Å². The molecule has 2 aromatic carbocycles. The molecule has 0 fully saturated rings. The Kier molecular flexibility index (Phi) is 5.13. The van der Waals surface area contributed by atoms with Gasteiger partial charge in [0, 0.05) is 11.1 Å². The second-order valence-corrected chi connectivity index (χ2v) is 4.12. The van der Waals surface area contributed by atoms with E-state index in [0.717, 1.165) is 12.1 Å². The van der Waals surface area contributed by atoms with Crippen LogP contribution in [0.5, 0.6) is 5.75 Å². The normalized spacial score (nSPS) is 10.9. The van der Waals surface area contributed by atoms with Gasteiger partial charge in [0.2, 0.25) is 0 Å². The second kappa shape index (κ2) is 7.26. The number of alkyl halides is 2. The Balaban J connectivity index is 2.03. The third-order valence-corrected chi connectivity index (χ3v) is 2.61. The standard InChI is InChI=1S/C15H11F3N2O2/c16-12-7-5-10(6-8-12)14(21)20-19-9-11-3-1-2-4-13(11)22-15(17)18/h1-9,15H,(H,20,21). The highest BCUT2D eigenvalue weighted by Gasteiger charge is 2.08. The van der Waals surface area contributed by atoms with Crippen molar-refractivity contribution < 1.29 is 22.7 Å². The molecule has 2 rings (SSSR count). The molecule has 4 nitrogen and oxygen atoms in total. The first-order chi connectivity index (χ1) is 10.6. The summed E-state index contributed by atoms with van der Waals surface area (Å²) >= 11 is 0. The lowest BCUT2D eigenvalue weighted by molar-refractivity contribution is -0.0499. The summed E-state index contributed by atoms with van der Waals surface area (Å²) in [6.07, 6.45) is 1.18. The van der Waals surface area contributed by atoms with Crippen LogP contribution in [0.1, 0.15) is 15.9 Å². The fourth-order valence-corrected chi connectivity index (χ4v) is 1.62. The molecule has 0 spiro atoms. The number of hydrazone groups is 1. The topological polar surface area (TPSA) is 50.7 Å². The van der Waals surface area contributed by atoms with Crippen molar-refractivity contribution in [1.29, 1.82) is 0 Å². The molecule has 2 aromatic rings. The minimum atomic E-state index is -2.96. The SMILES string of the molecule is O=C(NN=Cc1ccccc1OC(F)F)c1ccc(F)cc1. The lowest BCUT2D eigenvalue weighted by Gasteiger charge is -2.06. The van der Waals surface area contributed by atoms with E-state index in [2.05, 4.69) is 15.3 Å². The third kappa shape index (κ3) is 4.34. The number of carbonyl (C=O) groups is 1. The van der Waals surface area contributed by atoms with Gasteiger partial charge in [-0.2, -0.15) is 13.9 Å². The van der Waals surface area contributed by atoms with Crippen LogP contribution in [0.4, 0.5) is 13.2 Å². The van der Waals surface area contributed by atoms with E-state index in [1.54, 1.807) is 6.07 Å². The number of nitrogens with one attached hydrogen (secondary N) is 1. The van der Waals surface area contributed by atoms with Gasteiger partial charge in [0.25, 0.3) is 5.91 Å². The number of carbonyl (C=O) groups excluding carboxylic acids is 1. The van der Waals surface area contributed by atoms with Gasteiger partial charge in [0.05, 0.1) is 6.21 Å². The fraction of sp³-hybridized carbons (Fsp3) is 0.0667. The number of amides is 1. The Morgan fingerprint density at radius 3 is 2.50 bits per heavy atom. The van der Waals surface area contributed by atoms with Gasteiger partial charge in [0.1, 0.15) is 11.6 Å². The van der Waals surface area contributed by atoms with Gasteiger partial charge >= 0.3 is 6.61 Å². The molecule has 0 aliphatic heterocycles. The zero-order valence-corrected chi connectivity index (χ0v) is 11.2. The van der Waals surface area contributed by atoms with Crippen LogP contribution in [-0.2, 0) is 0 Å². The van der Waals surface area contributed by atoms with Crippen LogP contribution in [0.15, 0.2) is 53.6 Å². The minimum absolute atomic E-state index is 0.0581. The Morgan fingerprint density at radius 1 is 1.14 bits per heavy atom. The highest BCUT2D eigenvalue weighted by Crippen LogP contribution is 2.18. The molecule has 114 valence electrons. The van der Waals surface area contributed by atoms with Crippen molar-refractivity contribution in [3.63, 3.8) is 0 Å². The predicted octanol–water partition coefficient (Wildman–Crippen LogP) is 3.19. The van der Waals surface area contributed by atoms with Gasteiger partial charge in [0.15, 0.2) is 0 Å². The van der Waals surface area contributed by atoms with Crippen molar-refractivity contribution in [3.05, 3.63) is 65.5 Å². The molecular formula is C15H11F3N2O2. The first-order valence-corrected chi connectivity index (χ1v) is 6.19. The summed E-state index contributed by atoms with van der Waals surface area (Å²) in [6, 6.07) is 10.9. The maximum Gasteiger partial charge on any atom is 0.387 e. The van der Waals surface area contributed by atoms with Crippen LogP contribution in [0, 0.1) is 5.82 Å². The first-order valence-electron chi connectivity index (χ1n) is 6.19. The van der Waals surface area contributed by atoms with E-state index < -0.39 is 18.3 Å². The molecule has 1 N–H and O–H groups in total. The maximum absolute atomic E-state index is 12.7. The Bertz CT molecular complexity index is 673. The lowest BCUT2D eigenvalue weighted by Crippen LogP contribution is -2.17. The van der Waals surface area contributed by atoms with Crippen LogP contribution in [-0.4, -0.2) is 18.7 Å². The molecule has 0 atom stereocenters. The summed E-state index contributed by atoms with van der Waals surface area (Å²) in [7, 11) is 0. The van der Waals surface area contributed by atoms with Crippen molar-refractivity contribution in [2.24, 2.45) is 5.10 Å². The Labute approximate surface area is 124 Å². The highest BCUT2D eigenvalue weighted by atomic mass is 19.3. The average Bonchev–Trinajstić information content (AvgIpc) is 2.49. The number of para-hydroxylation sites is 1. The summed E-state index contributed by atoms with van der Waals surface area (Å²) in [5.41, 5.74) is 2.71. The molecular weight excluding hydrogens is 297 g/mol. The monoisotopic (exact) mass is 308 g/mol. The van der Waals surface area contributed by atoms with Crippen molar-refractivity contribution >= 4 is 12.1 Å². The van der Waals surface area contributed by atoms with E-state index in [0.29, 0.717) is 0 Å². The molecule has 7 heteroatoms. The van der Waals surface area contributed by atoms with Gasteiger partial charge in [-0.05, 0) is 36.4 Å². The first kappa shape index (κ1) is 15.6. The van der Waals surface area contributed by atoms with Gasteiger partial charge in [-0.25, -0.2) is 9.82 Å². The molecule has 0 aliphatic rings. The van der Waals surface area contributed by atoms with E-state index in [-0.39, 0.29) is 16.9 Å². The fourth-order valence-electron chi connectivity index (χ4n) is 1.62. The molecule has 0 bridgehead atoms. The van der Waals surface area contributed by atoms with Crippen molar-refractivity contribution in [3.8, 4) is 5.75 Å². The molecule has 0 radical (unpaired) electrons. The van der Waals surface area contributed by atoms with Crippen LogP contribution >= 0.6 is 0 Å². The molecule has 1 amide bonds. The summed E-state index contributed by atoms with van der Waals surface area (Å²) < 4.78 is 41.5. The molecule has 0 heterocycles. The Morgan fingerprint density at radius 2 is 1.82 bits per heavy atom. The number of halogens is 3. The van der Waals surface area contributed by atoms with Crippen molar-refractivity contribution in [1.82, 2.24) is 5.43 Å². The number of rotatable bonds is 5. The van der Waals surface area contributed by atoms with Gasteiger partial charge < -0.3 is 4.74 Å². The number of hydrogen-bond acceptors (Lipinski definition) is 3. The van der Waals surface area contributed by atoms with Gasteiger partial charge in [-0.3, -0.25) is 4.79 Å². The molecule has 0 aliphatic carbocycles. The lowest BCUT2D eigenvalue weighted by atomic mass is 10.2. The smallest absolute Gasteiger partial charge is 0.387 e. The van der Waals surface area contributed by atoms with Gasteiger partial charge in [-0.1, -0.05) is 12.1 Å². The van der Waals surface area contributed by atoms with E-state index in [4.69, 9.17) is 0 Å². The summed E-state index contributed by atoms with van der Waals surface area (Å²) in [4.78, 5) is 11.7.